The summed E-state index contributed by atoms with van der Waals surface area (Å²) in [6, 6.07) is 7.68. The molecule has 1 aliphatic heterocycles. The summed E-state index contributed by atoms with van der Waals surface area (Å²) in [5.74, 6) is 0. The zero-order valence-corrected chi connectivity index (χ0v) is 16.3. The molecule has 1 aliphatic rings. The summed E-state index contributed by atoms with van der Waals surface area (Å²) in [7, 11) is 0. The lowest BCUT2D eigenvalue weighted by molar-refractivity contribution is 0.0458. The third-order valence-corrected chi connectivity index (χ3v) is 6.13. The van der Waals surface area contributed by atoms with Gasteiger partial charge in [-0.05, 0) is 52.2 Å². The van der Waals surface area contributed by atoms with Crippen LogP contribution >= 0.6 is 11.8 Å². The second kappa shape index (κ2) is 7.72. The molecule has 3 rings (SSSR count). The summed E-state index contributed by atoms with van der Waals surface area (Å²) in [6.07, 6.45) is 2.14. The van der Waals surface area contributed by atoms with Gasteiger partial charge in [-0.3, -0.25) is 5.10 Å². The number of rotatable bonds is 3. The van der Waals surface area contributed by atoms with Gasteiger partial charge in [-0.1, -0.05) is 23.9 Å². The second-order valence-corrected chi connectivity index (χ2v) is 8.18. The van der Waals surface area contributed by atoms with Crippen LogP contribution in [-0.4, -0.2) is 44.9 Å². The van der Waals surface area contributed by atoms with Gasteiger partial charge in [-0.15, -0.1) is 0 Å². The van der Waals surface area contributed by atoms with Gasteiger partial charge in [-0.25, -0.2) is 4.79 Å². The highest BCUT2D eigenvalue weighted by Crippen LogP contribution is 2.36. The number of benzene rings is 1. The van der Waals surface area contributed by atoms with Crippen molar-refractivity contribution in [3.05, 3.63) is 35.7 Å². The van der Waals surface area contributed by atoms with E-state index >= 15 is 0 Å². The predicted octanol–water partition coefficient (Wildman–Crippen LogP) is 3.95. The molecule has 0 radical (unpaired) electrons. The van der Waals surface area contributed by atoms with Gasteiger partial charge in [0, 0.05) is 23.7 Å². The molecule has 0 unspecified atom stereocenters. The number of H-pyrrole nitrogens is 1. The van der Waals surface area contributed by atoms with E-state index in [0.717, 1.165) is 39.7 Å². The van der Waals surface area contributed by atoms with E-state index < -0.39 is 5.60 Å². The van der Waals surface area contributed by atoms with Crippen LogP contribution < -0.4 is 5.32 Å². The molecular weight excluding hydrogens is 348 g/mol. The first kappa shape index (κ1) is 18.8. The van der Waals surface area contributed by atoms with Crippen LogP contribution in [0, 0.1) is 13.8 Å². The summed E-state index contributed by atoms with van der Waals surface area (Å²) < 4.78 is 0. The van der Waals surface area contributed by atoms with Crippen molar-refractivity contribution in [3.8, 4) is 0 Å². The van der Waals surface area contributed by atoms with E-state index in [9.17, 15) is 9.90 Å². The third kappa shape index (κ3) is 4.40. The first-order chi connectivity index (χ1) is 12.4. The number of aliphatic hydroxyl groups is 1. The van der Waals surface area contributed by atoms with Crippen molar-refractivity contribution in [1.82, 2.24) is 15.1 Å². The monoisotopic (exact) mass is 374 g/mol. The van der Waals surface area contributed by atoms with Crippen LogP contribution in [-0.2, 0) is 0 Å². The molecule has 0 aliphatic carbocycles. The zero-order valence-electron chi connectivity index (χ0n) is 15.5. The predicted molar refractivity (Wildman–Crippen MR) is 104 cm³/mol. The zero-order chi connectivity index (χ0) is 18.7. The Labute approximate surface area is 158 Å². The number of carbonyl (C=O) groups excluding carboxylic acids is 1. The first-order valence-electron chi connectivity index (χ1n) is 8.92. The van der Waals surface area contributed by atoms with Crippen molar-refractivity contribution in [2.75, 3.05) is 18.4 Å². The number of aromatic amines is 1. The molecule has 140 valence electrons. The second-order valence-electron chi connectivity index (χ2n) is 7.13. The number of urea groups is 1. The number of amides is 2. The van der Waals surface area contributed by atoms with Gasteiger partial charge < -0.3 is 15.3 Å². The molecule has 1 aromatic heterocycles. The highest BCUT2D eigenvalue weighted by atomic mass is 32.2. The molecule has 1 atom stereocenters. The van der Waals surface area contributed by atoms with E-state index in [4.69, 9.17) is 0 Å². The molecule has 26 heavy (non-hydrogen) atoms. The van der Waals surface area contributed by atoms with Gasteiger partial charge in [0.1, 0.15) is 0 Å². The number of nitrogens with one attached hydrogen (secondary N) is 2. The summed E-state index contributed by atoms with van der Waals surface area (Å²) in [5.41, 5.74) is 2.07. The smallest absolute Gasteiger partial charge is 0.321 e. The molecule has 2 amide bonds. The maximum absolute atomic E-state index is 12.7. The van der Waals surface area contributed by atoms with Crippen molar-refractivity contribution in [2.45, 2.75) is 55.4 Å². The Bertz CT molecular complexity index is 768. The lowest BCUT2D eigenvalue weighted by atomic mass is 9.98. The highest BCUT2D eigenvalue weighted by Gasteiger charge is 2.27. The van der Waals surface area contributed by atoms with E-state index in [1.54, 1.807) is 16.7 Å². The molecule has 1 aromatic carbocycles. The van der Waals surface area contributed by atoms with Gasteiger partial charge in [0.25, 0.3) is 0 Å². The quantitative estimate of drug-likeness (QED) is 0.760. The van der Waals surface area contributed by atoms with E-state index in [-0.39, 0.29) is 6.03 Å². The first-order valence-corrected chi connectivity index (χ1v) is 9.74. The Morgan fingerprint density at radius 3 is 2.81 bits per heavy atom. The molecule has 1 fully saturated rings. The molecule has 2 aromatic rings. The molecule has 0 spiro atoms. The van der Waals surface area contributed by atoms with Crippen molar-refractivity contribution < 1.29 is 9.90 Å². The van der Waals surface area contributed by atoms with Crippen LogP contribution in [0.5, 0.6) is 0 Å². The molecule has 2 heterocycles. The number of hydrogen-bond acceptors (Lipinski definition) is 4. The maximum Gasteiger partial charge on any atom is 0.321 e. The lowest BCUT2D eigenvalue weighted by Gasteiger charge is -2.23. The standard InChI is InChI=1S/C19H26N4O2S/c1-13-17(14(2)22-21-13)26-16-8-5-4-7-15(16)20-18(24)23-11-6-9-19(3,25)10-12-23/h4-5,7-8,25H,6,9-12H2,1-3H3,(H,20,24)(H,21,22)/t19-/m1/s1. The summed E-state index contributed by atoms with van der Waals surface area (Å²) >= 11 is 1.60. The Kier molecular flexibility index (Phi) is 5.58. The number of aryl methyl sites for hydroxylation is 2. The van der Waals surface area contributed by atoms with Gasteiger partial charge in [0.05, 0.1) is 21.9 Å². The summed E-state index contributed by atoms with van der Waals surface area (Å²) in [4.78, 5) is 16.6. The molecular formula is C19H26N4O2S. The van der Waals surface area contributed by atoms with Gasteiger partial charge in [0.15, 0.2) is 0 Å². The number of carbonyl (C=O) groups is 1. The fourth-order valence-electron chi connectivity index (χ4n) is 3.12. The average Bonchev–Trinajstić information content (AvgIpc) is 2.80. The maximum atomic E-state index is 12.7. The summed E-state index contributed by atoms with van der Waals surface area (Å²) in [6.45, 7) is 7.03. The van der Waals surface area contributed by atoms with E-state index in [1.807, 2.05) is 45.0 Å². The average molecular weight is 375 g/mol. The van der Waals surface area contributed by atoms with Gasteiger partial charge >= 0.3 is 6.03 Å². The minimum atomic E-state index is -0.681. The third-order valence-electron chi connectivity index (χ3n) is 4.75. The number of anilines is 1. The fourth-order valence-corrected chi connectivity index (χ4v) is 4.11. The Hall–Kier alpha value is -1.99. The molecule has 0 saturated carbocycles. The Morgan fingerprint density at radius 2 is 2.08 bits per heavy atom. The number of hydrogen-bond donors (Lipinski definition) is 3. The minimum absolute atomic E-state index is 0.114. The molecule has 1 saturated heterocycles. The topological polar surface area (TPSA) is 81.2 Å². The van der Waals surface area contributed by atoms with Crippen molar-refractivity contribution in [3.63, 3.8) is 0 Å². The van der Waals surface area contributed by atoms with Crippen LogP contribution in [0.4, 0.5) is 10.5 Å². The Balaban J connectivity index is 1.73. The van der Waals surface area contributed by atoms with Crippen LogP contribution in [0.15, 0.2) is 34.1 Å². The van der Waals surface area contributed by atoms with E-state index in [0.29, 0.717) is 19.5 Å². The van der Waals surface area contributed by atoms with Crippen LogP contribution in [0.1, 0.15) is 37.6 Å². The van der Waals surface area contributed by atoms with E-state index in [2.05, 4.69) is 15.5 Å². The van der Waals surface area contributed by atoms with E-state index in [1.165, 1.54) is 0 Å². The highest BCUT2D eigenvalue weighted by molar-refractivity contribution is 7.99. The van der Waals surface area contributed by atoms with Crippen molar-refractivity contribution in [1.29, 1.82) is 0 Å². The van der Waals surface area contributed by atoms with Crippen molar-refractivity contribution >= 4 is 23.5 Å². The molecule has 0 bridgehead atoms. The number of aromatic nitrogens is 2. The summed E-state index contributed by atoms with van der Waals surface area (Å²) in [5, 5.41) is 20.5. The van der Waals surface area contributed by atoms with Crippen LogP contribution in [0.2, 0.25) is 0 Å². The molecule has 7 heteroatoms. The van der Waals surface area contributed by atoms with Crippen LogP contribution in [0.3, 0.4) is 0 Å². The number of likely N-dealkylation sites (tertiary alicyclic amines) is 1. The van der Waals surface area contributed by atoms with Gasteiger partial charge in [0.2, 0.25) is 0 Å². The molecule has 3 N–H and O–H groups in total. The number of para-hydroxylation sites is 1. The van der Waals surface area contributed by atoms with Crippen LogP contribution in [0.25, 0.3) is 0 Å². The minimum Gasteiger partial charge on any atom is -0.390 e. The number of nitrogens with zero attached hydrogens (tertiary/aromatic N) is 2. The van der Waals surface area contributed by atoms with Gasteiger partial charge in [-0.2, -0.15) is 5.10 Å². The SMILES string of the molecule is Cc1n[nH]c(C)c1Sc1ccccc1NC(=O)N1CCC[C@@](C)(O)CC1. The Morgan fingerprint density at radius 1 is 1.31 bits per heavy atom. The largest absolute Gasteiger partial charge is 0.390 e. The fraction of sp³-hybridized carbons (Fsp3) is 0.474. The normalized spacial score (nSPS) is 20.7. The molecule has 6 nitrogen and oxygen atoms in total. The van der Waals surface area contributed by atoms with Crippen molar-refractivity contribution in [2.24, 2.45) is 0 Å². The lowest BCUT2D eigenvalue weighted by Crippen LogP contribution is -2.36.